The second kappa shape index (κ2) is 7.81. The Bertz CT molecular complexity index is 1140. The number of halogens is 1. The molecule has 0 saturated heterocycles. The zero-order valence-corrected chi connectivity index (χ0v) is 16.8. The third kappa shape index (κ3) is 4.08. The van der Waals surface area contributed by atoms with Crippen molar-refractivity contribution in [2.75, 3.05) is 7.11 Å². The lowest BCUT2D eigenvalue weighted by Crippen LogP contribution is -2.40. The molecule has 3 N–H and O–H groups in total. The number of aromatic nitrogens is 1. The Morgan fingerprint density at radius 1 is 1.14 bits per heavy atom. The summed E-state index contributed by atoms with van der Waals surface area (Å²) < 4.78 is 42.5. The zero-order valence-electron chi connectivity index (χ0n) is 16.0. The van der Waals surface area contributed by atoms with E-state index in [2.05, 4.69) is 4.98 Å². The molecule has 0 fully saturated rings. The number of nitrogens with two attached hydrogens (primary N) is 1. The molecule has 6 nitrogen and oxygen atoms in total. The highest BCUT2D eigenvalue weighted by atomic mass is 32.2. The lowest BCUT2D eigenvalue weighted by molar-refractivity contribution is 0.103. The van der Waals surface area contributed by atoms with Gasteiger partial charge in [0.25, 0.3) is 0 Å². The molecule has 8 heteroatoms. The second-order valence-electron chi connectivity index (χ2n) is 6.89. The third-order valence-electron chi connectivity index (χ3n) is 4.95. The number of sulfonamides is 1. The molecule has 29 heavy (non-hydrogen) atoms. The second-order valence-corrected chi connectivity index (χ2v) is 8.88. The number of primary sulfonamides is 1. The molecular weight excluding hydrogens is 395 g/mol. The van der Waals surface area contributed by atoms with Gasteiger partial charge in [-0.25, -0.2) is 17.9 Å². The van der Waals surface area contributed by atoms with Crippen molar-refractivity contribution in [3.63, 3.8) is 0 Å². The van der Waals surface area contributed by atoms with E-state index in [1.165, 1.54) is 32.2 Å². The molecule has 0 bridgehead atoms. The van der Waals surface area contributed by atoms with Gasteiger partial charge in [-0.3, -0.25) is 4.79 Å². The summed E-state index contributed by atoms with van der Waals surface area (Å²) in [4.78, 5) is 15.6. The molecule has 0 aliphatic rings. The molecule has 0 aliphatic carbocycles. The van der Waals surface area contributed by atoms with Gasteiger partial charge in [0.1, 0.15) is 16.3 Å². The Morgan fingerprint density at radius 2 is 1.83 bits per heavy atom. The summed E-state index contributed by atoms with van der Waals surface area (Å²) in [6.07, 6.45) is 0.0220. The van der Waals surface area contributed by atoms with E-state index in [9.17, 15) is 17.6 Å². The Kier molecular flexibility index (Phi) is 5.59. The number of ketones is 1. The van der Waals surface area contributed by atoms with E-state index in [0.29, 0.717) is 17.0 Å². The first-order valence-corrected chi connectivity index (χ1v) is 10.3. The first-order valence-electron chi connectivity index (χ1n) is 8.80. The van der Waals surface area contributed by atoms with E-state index >= 15 is 0 Å². The van der Waals surface area contributed by atoms with Crippen molar-refractivity contribution >= 4 is 15.8 Å². The summed E-state index contributed by atoms with van der Waals surface area (Å²) in [5.74, 6) is -0.949. The maximum absolute atomic E-state index is 14.2. The SMILES string of the molecule is COc1ccc(C(=O)c2ccc(CC(C)(c3ccccc3)S(N)(=O)=O)[nH]2)c(F)c1. The number of carbonyl (C=O) groups is 1. The standard InChI is InChI=1S/C21H21FN2O4S/c1-21(29(23,26)27,14-6-4-3-5-7-14)13-15-8-11-19(24-15)20(25)17-10-9-16(28-2)12-18(17)22/h3-12,24H,13H2,1-2H3,(H2,23,26,27). The highest BCUT2D eigenvalue weighted by Gasteiger charge is 2.39. The molecule has 152 valence electrons. The maximum atomic E-state index is 14.2. The van der Waals surface area contributed by atoms with Crippen LogP contribution in [0.15, 0.2) is 60.7 Å². The molecule has 1 unspecified atom stereocenters. The highest BCUT2D eigenvalue weighted by Crippen LogP contribution is 2.32. The fourth-order valence-corrected chi connectivity index (χ4v) is 3.97. The smallest absolute Gasteiger partial charge is 0.219 e. The summed E-state index contributed by atoms with van der Waals surface area (Å²) in [6.45, 7) is 1.53. The summed E-state index contributed by atoms with van der Waals surface area (Å²) in [7, 11) is -2.57. The van der Waals surface area contributed by atoms with Gasteiger partial charge >= 0.3 is 0 Å². The van der Waals surface area contributed by atoms with E-state index < -0.39 is 26.4 Å². The van der Waals surface area contributed by atoms with Crippen LogP contribution in [0.1, 0.15) is 34.2 Å². The van der Waals surface area contributed by atoms with Gasteiger partial charge in [0.15, 0.2) is 0 Å². The predicted octanol–water partition coefficient (Wildman–Crippen LogP) is 3.14. The number of methoxy groups -OCH3 is 1. The van der Waals surface area contributed by atoms with Crippen molar-refractivity contribution in [3.8, 4) is 5.75 Å². The molecular formula is C21H21FN2O4S. The van der Waals surface area contributed by atoms with E-state index in [1.807, 2.05) is 0 Å². The number of hydrogen-bond acceptors (Lipinski definition) is 4. The summed E-state index contributed by atoms with van der Waals surface area (Å²) in [5.41, 5.74) is 1.05. The summed E-state index contributed by atoms with van der Waals surface area (Å²) in [6, 6.07) is 15.7. The summed E-state index contributed by atoms with van der Waals surface area (Å²) in [5, 5.41) is 5.53. The van der Waals surface area contributed by atoms with Gasteiger partial charge in [-0.05, 0) is 36.8 Å². The molecule has 0 aliphatic heterocycles. The highest BCUT2D eigenvalue weighted by molar-refractivity contribution is 7.90. The minimum absolute atomic E-state index is 0.0220. The molecule has 3 rings (SSSR count). The number of nitrogens with one attached hydrogen (secondary N) is 1. The van der Waals surface area contributed by atoms with Crippen LogP contribution >= 0.6 is 0 Å². The monoisotopic (exact) mass is 416 g/mol. The van der Waals surface area contributed by atoms with Gasteiger partial charge < -0.3 is 9.72 Å². The maximum Gasteiger partial charge on any atom is 0.219 e. The van der Waals surface area contributed by atoms with Gasteiger partial charge in [-0.15, -0.1) is 0 Å². The number of rotatable bonds is 7. The average Bonchev–Trinajstić information content (AvgIpc) is 3.15. The largest absolute Gasteiger partial charge is 0.497 e. The van der Waals surface area contributed by atoms with Crippen LogP contribution in [0.3, 0.4) is 0 Å². The first-order chi connectivity index (χ1) is 13.7. The number of ether oxygens (including phenoxy) is 1. The molecule has 1 atom stereocenters. The van der Waals surface area contributed by atoms with Crippen LogP contribution in [0.5, 0.6) is 5.75 Å². The lowest BCUT2D eigenvalue weighted by atomic mass is 9.95. The summed E-state index contributed by atoms with van der Waals surface area (Å²) >= 11 is 0. The minimum Gasteiger partial charge on any atom is -0.497 e. The zero-order chi connectivity index (χ0) is 21.2. The predicted molar refractivity (Wildman–Crippen MR) is 108 cm³/mol. The fraction of sp³-hybridized carbons (Fsp3) is 0.190. The Morgan fingerprint density at radius 3 is 2.41 bits per heavy atom. The molecule has 0 radical (unpaired) electrons. The molecule has 0 spiro atoms. The van der Waals surface area contributed by atoms with Crippen molar-refractivity contribution in [1.82, 2.24) is 4.98 Å². The van der Waals surface area contributed by atoms with E-state index in [-0.39, 0.29) is 17.7 Å². The number of H-pyrrole nitrogens is 1. The van der Waals surface area contributed by atoms with Crippen LogP contribution < -0.4 is 9.88 Å². The van der Waals surface area contributed by atoms with Gasteiger partial charge in [-0.2, -0.15) is 0 Å². The van der Waals surface area contributed by atoms with Crippen molar-refractivity contribution in [1.29, 1.82) is 0 Å². The Labute approximate surface area is 168 Å². The van der Waals surface area contributed by atoms with Crippen molar-refractivity contribution in [2.45, 2.75) is 18.1 Å². The topological polar surface area (TPSA) is 102 Å². The Hall–Kier alpha value is -2.97. The van der Waals surface area contributed by atoms with Crippen molar-refractivity contribution in [3.05, 3.63) is 89.0 Å². The van der Waals surface area contributed by atoms with Crippen LogP contribution in [0, 0.1) is 5.82 Å². The first kappa shape index (κ1) is 20.8. The van der Waals surface area contributed by atoms with Gasteiger partial charge in [0, 0.05) is 18.2 Å². The van der Waals surface area contributed by atoms with Gasteiger partial charge in [-0.1, -0.05) is 30.3 Å². The van der Waals surface area contributed by atoms with Crippen LogP contribution in [-0.2, 0) is 21.2 Å². The quantitative estimate of drug-likeness (QED) is 0.578. The molecule has 1 heterocycles. The third-order valence-corrected chi connectivity index (χ3v) is 6.59. The minimum atomic E-state index is -3.97. The Balaban J connectivity index is 1.92. The number of carbonyl (C=O) groups excluding carboxylic acids is 1. The molecule has 3 aromatic rings. The fourth-order valence-electron chi connectivity index (χ4n) is 3.15. The van der Waals surface area contributed by atoms with Gasteiger partial charge in [0.05, 0.1) is 18.4 Å². The van der Waals surface area contributed by atoms with E-state index in [0.717, 1.165) is 6.07 Å². The van der Waals surface area contributed by atoms with Crippen molar-refractivity contribution < 1.29 is 22.3 Å². The van der Waals surface area contributed by atoms with E-state index in [1.54, 1.807) is 36.4 Å². The molecule has 2 aromatic carbocycles. The molecule has 0 saturated carbocycles. The number of aromatic amines is 1. The van der Waals surface area contributed by atoms with Crippen molar-refractivity contribution in [2.24, 2.45) is 5.14 Å². The molecule has 0 amide bonds. The lowest BCUT2D eigenvalue weighted by Gasteiger charge is -2.27. The normalized spacial score (nSPS) is 13.7. The number of hydrogen-bond donors (Lipinski definition) is 2. The van der Waals surface area contributed by atoms with Gasteiger partial charge in [0.2, 0.25) is 15.8 Å². The molecule has 1 aromatic heterocycles. The number of benzene rings is 2. The van der Waals surface area contributed by atoms with Crippen LogP contribution in [0.2, 0.25) is 0 Å². The average molecular weight is 416 g/mol. The van der Waals surface area contributed by atoms with E-state index in [4.69, 9.17) is 9.88 Å². The van der Waals surface area contributed by atoms with Crippen LogP contribution in [0.25, 0.3) is 0 Å². The van der Waals surface area contributed by atoms with Crippen LogP contribution in [-0.4, -0.2) is 26.3 Å². The van der Waals surface area contributed by atoms with Crippen LogP contribution in [0.4, 0.5) is 4.39 Å².